The molecular formula is C21H27NO3. The first-order chi connectivity index (χ1) is 11.9. The van der Waals surface area contributed by atoms with E-state index in [1.165, 1.54) is 0 Å². The molecule has 0 saturated heterocycles. The standard InChI is InChI=1S/C21H27NO3/c1-6-19(17-9-11-18(24-5)12-10-17)22-21(23)16(4)25-20-13-14(2)7-8-15(20)3/h7-13,16,19H,6H2,1-5H3,(H,22,23)/t16-,19+/m0/s1. The van der Waals surface area contributed by atoms with Gasteiger partial charge in [-0.1, -0.05) is 31.2 Å². The van der Waals surface area contributed by atoms with Crippen molar-refractivity contribution in [1.29, 1.82) is 0 Å². The number of hydrogen-bond acceptors (Lipinski definition) is 3. The van der Waals surface area contributed by atoms with E-state index in [0.29, 0.717) is 0 Å². The van der Waals surface area contributed by atoms with Gasteiger partial charge in [0.2, 0.25) is 0 Å². The van der Waals surface area contributed by atoms with Gasteiger partial charge in [0.1, 0.15) is 11.5 Å². The van der Waals surface area contributed by atoms with Crippen molar-refractivity contribution >= 4 is 5.91 Å². The van der Waals surface area contributed by atoms with Crippen molar-refractivity contribution in [1.82, 2.24) is 5.32 Å². The molecule has 0 spiro atoms. The molecule has 4 heteroatoms. The first-order valence-electron chi connectivity index (χ1n) is 8.62. The normalized spacial score (nSPS) is 13.0. The fourth-order valence-corrected chi connectivity index (χ4v) is 2.62. The van der Waals surface area contributed by atoms with Crippen molar-refractivity contribution in [3.8, 4) is 11.5 Å². The van der Waals surface area contributed by atoms with Crippen molar-refractivity contribution in [2.24, 2.45) is 0 Å². The van der Waals surface area contributed by atoms with Crippen LogP contribution in [0.1, 0.15) is 43.0 Å². The molecule has 0 fully saturated rings. The summed E-state index contributed by atoms with van der Waals surface area (Å²) in [5.41, 5.74) is 3.18. The number of aryl methyl sites for hydroxylation is 2. The molecule has 0 aromatic heterocycles. The number of hydrogen-bond donors (Lipinski definition) is 1. The van der Waals surface area contributed by atoms with Crippen LogP contribution in [0.15, 0.2) is 42.5 Å². The third-order valence-corrected chi connectivity index (χ3v) is 4.26. The average Bonchev–Trinajstić information content (AvgIpc) is 2.62. The van der Waals surface area contributed by atoms with Crippen molar-refractivity contribution in [2.75, 3.05) is 7.11 Å². The second-order valence-corrected chi connectivity index (χ2v) is 6.27. The highest BCUT2D eigenvalue weighted by Gasteiger charge is 2.20. The van der Waals surface area contributed by atoms with Crippen LogP contribution in [0.4, 0.5) is 0 Å². The van der Waals surface area contributed by atoms with Gasteiger partial charge in [-0.3, -0.25) is 4.79 Å². The minimum atomic E-state index is -0.562. The van der Waals surface area contributed by atoms with E-state index in [2.05, 4.69) is 5.32 Å². The van der Waals surface area contributed by atoms with Gasteiger partial charge in [-0.25, -0.2) is 0 Å². The average molecular weight is 341 g/mol. The Morgan fingerprint density at radius 2 is 1.80 bits per heavy atom. The van der Waals surface area contributed by atoms with Gasteiger partial charge in [-0.05, 0) is 62.1 Å². The zero-order chi connectivity index (χ0) is 18.4. The number of methoxy groups -OCH3 is 1. The van der Waals surface area contributed by atoms with E-state index in [-0.39, 0.29) is 11.9 Å². The van der Waals surface area contributed by atoms with E-state index in [1.54, 1.807) is 14.0 Å². The molecule has 0 bridgehead atoms. The Kier molecular flexibility index (Phi) is 6.45. The van der Waals surface area contributed by atoms with Crippen LogP contribution < -0.4 is 14.8 Å². The molecule has 0 radical (unpaired) electrons. The third-order valence-electron chi connectivity index (χ3n) is 4.26. The zero-order valence-electron chi connectivity index (χ0n) is 15.6. The van der Waals surface area contributed by atoms with Crippen LogP contribution in [0.25, 0.3) is 0 Å². The van der Waals surface area contributed by atoms with E-state index in [1.807, 2.05) is 63.2 Å². The lowest BCUT2D eigenvalue weighted by atomic mass is 10.0. The Labute approximate surface area is 150 Å². The number of carbonyl (C=O) groups excluding carboxylic acids is 1. The molecule has 1 N–H and O–H groups in total. The molecule has 1 amide bonds. The maximum absolute atomic E-state index is 12.5. The summed E-state index contributed by atoms with van der Waals surface area (Å²) in [5.74, 6) is 1.43. The lowest BCUT2D eigenvalue weighted by Gasteiger charge is -2.22. The van der Waals surface area contributed by atoms with Crippen molar-refractivity contribution in [3.63, 3.8) is 0 Å². The van der Waals surface area contributed by atoms with E-state index < -0.39 is 6.10 Å². The van der Waals surface area contributed by atoms with Crippen molar-refractivity contribution in [2.45, 2.75) is 46.3 Å². The SMILES string of the molecule is CC[C@@H](NC(=O)[C@H](C)Oc1cc(C)ccc1C)c1ccc(OC)cc1. The predicted octanol–water partition coefficient (Wildman–Crippen LogP) is 4.35. The monoisotopic (exact) mass is 341 g/mol. The predicted molar refractivity (Wildman–Crippen MR) is 100 cm³/mol. The Morgan fingerprint density at radius 3 is 2.40 bits per heavy atom. The summed E-state index contributed by atoms with van der Waals surface area (Å²) in [4.78, 5) is 12.5. The second-order valence-electron chi connectivity index (χ2n) is 6.27. The van der Waals surface area contributed by atoms with E-state index in [0.717, 1.165) is 34.6 Å². The van der Waals surface area contributed by atoms with Gasteiger partial charge in [-0.15, -0.1) is 0 Å². The largest absolute Gasteiger partial charge is 0.497 e. The lowest BCUT2D eigenvalue weighted by molar-refractivity contribution is -0.128. The molecule has 4 nitrogen and oxygen atoms in total. The maximum Gasteiger partial charge on any atom is 0.261 e. The minimum absolute atomic E-state index is 0.0527. The van der Waals surface area contributed by atoms with Gasteiger partial charge in [-0.2, -0.15) is 0 Å². The number of rotatable bonds is 7. The molecule has 0 saturated carbocycles. The van der Waals surface area contributed by atoms with Gasteiger partial charge in [0.25, 0.3) is 5.91 Å². The Morgan fingerprint density at radius 1 is 1.12 bits per heavy atom. The molecule has 0 aliphatic rings. The fourth-order valence-electron chi connectivity index (χ4n) is 2.62. The summed E-state index contributed by atoms with van der Waals surface area (Å²) in [6.07, 6.45) is 0.238. The van der Waals surface area contributed by atoms with E-state index >= 15 is 0 Å². The number of amides is 1. The highest BCUT2D eigenvalue weighted by atomic mass is 16.5. The van der Waals surface area contributed by atoms with Gasteiger partial charge < -0.3 is 14.8 Å². The lowest BCUT2D eigenvalue weighted by Crippen LogP contribution is -2.38. The molecule has 2 atom stereocenters. The van der Waals surface area contributed by atoms with Gasteiger partial charge >= 0.3 is 0 Å². The molecule has 134 valence electrons. The first kappa shape index (κ1) is 18.8. The summed E-state index contributed by atoms with van der Waals surface area (Å²) in [6, 6.07) is 13.7. The summed E-state index contributed by atoms with van der Waals surface area (Å²) in [7, 11) is 1.64. The molecule has 0 heterocycles. The van der Waals surface area contributed by atoms with Crippen LogP contribution in [0.2, 0.25) is 0 Å². The summed E-state index contributed by atoms with van der Waals surface area (Å²) in [5, 5.41) is 3.07. The van der Waals surface area contributed by atoms with Crippen molar-refractivity contribution < 1.29 is 14.3 Å². The molecule has 0 aliphatic heterocycles. The Hall–Kier alpha value is -2.49. The zero-order valence-corrected chi connectivity index (χ0v) is 15.6. The number of ether oxygens (including phenoxy) is 2. The molecule has 0 aliphatic carbocycles. The summed E-state index contributed by atoms with van der Waals surface area (Å²) >= 11 is 0. The number of carbonyl (C=O) groups is 1. The highest BCUT2D eigenvalue weighted by Crippen LogP contribution is 2.22. The Bertz CT molecular complexity index is 710. The van der Waals surface area contributed by atoms with Crippen LogP contribution in [0.5, 0.6) is 11.5 Å². The maximum atomic E-state index is 12.5. The highest BCUT2D eigenvalue weighted by molar-refractivity contribution is 5.81. The van der Waals surface area contributed by atoms with Crippen LogP contribution in [0.3, 0.4) is 0 Å². The molecule has 2 aromatic carbocycles. The van der Waals surface area contributed by atoms with Gasteiger partial charge in [0.15, 0.2) is 6.10 Å². The van der Waals surface area contributed by atoms with Gasteiger partial charge in [0.05, 0.1) is 13.2 Å². The van der Waals surface area contributed by atoms with E-state index in [9.17, 15) is 4.79 Å². The summed E-state index contributed by atoms with van der Waals surface area (Å²) < 4.78 is 11.1. The minimum Gasteiger partial charge on any atom is -0.497 e. The number of benzene rings is 2. The van der Waals surface area contributed by atoms with Crippen LogP contribution in [0, 0.1) is 13.8 Å². The number of nitrogens with one attached hydrogen (secondary N) is 1. The topological polar surface area (TPSA) is 47.6 Å². The third kappa shape index (κ3) is 4.99. The van der Waals surface area contributed by atoms with Crippen LogP contribution >= 0.6 is 0 Å². The Balaban J connectivity index is 2.03. The van der Waals surface area contributed by atoms with Crippen LogP contribution in [-0.2, 0) is 4.79 Å². The molecule has 2 rings (SSSR count). The molecular weight excluding hydrogens is 314 g/mol. The molecule has 25 heavy (non-hydrogen) atoms. The smallest absolute Gasteiger partial charge is 0.261 e. The summed E-state index contributed by atoms with van der Waals surface area (Å²) in [6.45, 7) is 7.81. The second kappa shape index (κ2) is 8.56. The van der Waals surface area contributed by atoms with Gasteiger partial charge in [0, 0.05) is 0 Å². The van der Waals surface area contributed by atoms with E-state index in [4.69, 9.17) is 9.47 Å². The first-order valence-corrected chi connectivity index (χ1v) is 8.62. The van der Waals surface area contributed by atoms with Crippen LogP contribution in [-0.4, -0.2) is 19.1 Å². The molecule has 2 aromatic rings. The molecule has 0 unspecified atom stereocenters. The fraction of sp³-hybridized carbons (Fsp3) is 0.381. The quantitative estimate of drug-likeness (QED) is 0.814. The van der Waals surface area contributed by atoms with Crippen molar-refractivity contribution in [3.05, 3.63) is 59.2 Å².